The molecule has 0 saturated heterocycles. The van der Waals surface area contributed by atoms with Crippen LogP contribution in [-0.4, -0.2) is 24.7 Å². The van der Waals surface area contributed by atoms with Gasteiger partial charge in [-0.25, -0.2) is 0 Å². The number of methoxy groups -OCH3 is 1. The van der Waals surface area contributed by atoms with Crippen molar-refractivity contribution in [2.75, 3.05) is 7.11 Å². The van der Waals surface area contributed by atoms with E-state index in [1.165, 1.54) is 6.92 Å². The SMILES string of the molecule is CC.COC(C)(C)C(C)NC(C)=O. The average Bonchev–Trinajstić information content (AvgIpc) is 2.07. The third kappa shape index (κ3) is 6.58. The van der Waals surface area contributed by atoms with E-state index in [4.69, 9.17) is 4.74 Å². The van der Waals surface area contributed by atoms with E-state index in [2.05, 4.69) is 5.32 Å². The fourth-order valence-electron chi connectivity index (χ4n) is 0.655. The van der Waals surface area contributed by atoms with Crippen LogP contribution in [0.1, 0.15) is 41.5 Å². The third-order valence-corrected chi connectivity index (χ3v) is 1.99. The second kappa shape index (κ2) is 6.89. The van der Waals surface area contributed by atoms with Gasteiger partial charge < -0.3 is 10.1 Å². The normalized spacial score (nSPS) is 12.5. The highest BCUT2D eigenvalue weighted by molar-refractivity contribution is 5.73. The first-order valence-corrected chi connectivity index (χ1v) is 4.72. The van der Waals surface area contributed by atoms with Gasteiger partial charge in [-0.3, -0.25) is 4.79 Å². The first-order valence-electron chi connectivity index (χ1n) is 4.72. The van der Waals surface area contributed by atoms with Crippen molar-refractivity contribution in [2.24, 2.45) is 0 Å². The van der Waals surface area contributed by atoms with E-state index >= 15 is 0 Å². The Morgan fingerprint density at radius 3 is 2.00 bits per heavy atom. The minimum Gasteiger partial charge on any atom is -0.377 e. The first-order chi connectivity index (χ1) is 5.90. The number of nitrogens with one attached hydrogen (secondary N) is 1. The molecule has 1 unspecified atom stereocenters. The Bertz CT molecular complexity index is 144. The van der Waals surface area contributed by atoms with Crippen LogP contribution in [0, 0.1) is 0 Å². The Morgan fingerprint density at radius 2 is 1.77 bits per heavy atom. The molecule has 0 saturated carbocycles. The molecule has 0 spiro atoms. The van der Waals surface area contributed by atoms with Gasteiger partial charge in [-0.05, 0) is 20.8 Å². The monoisotopic (exact) mass is 189 g/mol. The van der Waals surface area contributed by atoms with Crippen molar-refractivity contribution in [2.45, 2.75) is 53.2 Å². The van der Waals surface area contributed by atoms with Gasteiger partial charge in [0.1, 0.15) is 0 Å². The lowest BCUT2D eigenvalue weighted by atomic mass is 10.0. The van der Waals surface area contributed by atoms with Gasteiger partial charge in [0.25, 0.3) is 0 Å². The molecule has 0 aliphatic heterocycles. The molecule has 0 aliphatic rings. The number of carbonyl (C=O) groups is 1. The molecule has 0 fully saturated rings. The van der Waals surface area contributed by atoms with Crippen LogP contribution in [0.25, 0.3) is 0 Å². The van der Waals surface area contributed by atoms with Crippen LogP contribution < -0.4 is 5.32 Å². The number of ether oxygens (including phenoxy) is 1. The number of hydrogen-bond acceptors (Lipinski definition) is 2. The summed E-state index contributed by atoms with van der Waals surface area (Å²) >= 11 is 0. The van der Waals surface area contributed by atoms with Crippen molar-refractivity contribution < 1.29 is 9.53 Å². The summed E-state index contributed by atoms with van der Waals surface area (Å²) in [6, 6.07) is 0.0324. The maximum atomic E-state index is 10.7. The molecule has 3 heteroatoms. The largest absolute Gasteiger partial charge is 0.377 e. The minimum atomic E-state index is -0.300. The molecular weight excluding hydrogens is 166 g/mol. The molecule has 0 aromatic carbocycles. The van der Waals surface area contributed by atoms with E-state index in [9.17, 15) is 4.79 Å². The Morgan fingerprint density at radius 1 is 1.38 bits per heavy atom. The van der Waals surface area contributed by atoms with Crippen molar-refractivity contribution in [1.29, 1.82) is 0 Å². The highest BCUT2D eigenvalue weighted by Gasteiger charge is 2.25. The molecule has 0 bridgehead atoms. The first kappa shape index (κ1) is 14.9. The van der Waals surface area contributed by atoms with E-state index in [1.54, 1.807) is 7.11 Å². The number of amides is 1. The summed E-state index contributed by atoms with van der Waals surface area (Å²) in [5.41, 5.74) is -0.300. The van der Waals surface area contributed by atoms with Gasteiger partial charge in [-0.2, -0.15) is 0 Å². The molecule has 1 N–H and O–H groups in total. The van der Waals surface area contributed by atoms with Crippen LogP contribution >= 0.6 is 0 Å². The zero-order valence-corrected chi connectivity index (χ0v) is 9.89. The smallest absolute Gasteiger partial charge is 0.217 e. The van der Waals surface area contributed by atoms with Crippen molar-refractivity contribution in [3.63, 3.8) is 0 Å². The summed E-state index contributed by atoms with van der Waals surface area (Å²) in [7, 11) is 1.64. The summed E-state index contributed by atoms with van der Waals surface area (Å²) in [6.45, 7) is 11.3. The molecule has 0 heterocycles. The van der Waals surface area contributed by atoms with Gasteiger partial charge >= 0.3 is 0 Å². The Labute approximate surface area is 81.9 Å². The summed E-state index contributed by atoms with van der Waals surface area (Å²) in [5, 5.41) is 2.77. The summed E-state index contributed by atoms with van der Waals surface area (Å²) in [5.74, 6) is -0.0253. The molecule has 0 aliphatic carbocycles. The van der Waals surface area contributed by atoms with E-state index in [1.807, 2.05) is 34.6 Å². The maximum Gasteiger partial charge on any atom is 0.217 e. The molecule has 0 aromatic heterocycles. The second-order valence-corrected chi connectivity index (χ2v) is 3.23. The molecule has 0 aromatic rings. The molecule has 80 valence electrons. The predicted molar refractivity (Wildman–Crippen MR) is 55.7 cm³/mol. The Hall–Kier alpha value is -0.570. The van der Waals surface area contributed by atoms with Gasteiger partial charge in [0.15, 0.2) is 0 Å². The van der Waals surface area contributed by atoms with Gasteiger partial charge in [0.05, 0.1) is 11.6 Å². The zero-order valence-electron chi connectivity index (χ0n) is 9.89. The quantitative estimate of drug-likeness (QED) is 0.737. The van der Waals surface area contributed by atoms with Crippen LogP contribution in [-0.2, 0) is 9.53 Å². The number of rotatable bonds is 3. The van der Waals surface area contributed by atoms with Crippen molar-refractivity contribution in [3.8, 4) is 0 Å². The zero-order chi connectivity index (χ0) is 11.1. The van der Waals surface area contributed by atoms with E-state index in [0.717, 1.165) is 0 Å². The second-order valence-electron chi connectivity index (χ2n) is 3.23. The third-order valence-electron chi connectivity index (χ3n) is 1.99. The highest BCUT2D eigenvalue weighted by Crippen LogP contribution is 2.12. The predicted octanol–water partition coefficient (Wildman–Crippen LogP) is 1.96. The Kier molecular flexibility index (Phi) is 7.92. The van der Waals surface area contributed by atoms with Crippen molar-refractivity contribution >= 4 is 5.91 Å². The van der Waals surface area contributed by atoms with Gasteiger partial charge in [-0.1, -0.05) is 13.8 Å². The minimum absolute atomic E-state index is 0.0253. The van der Waals surface area contributed by atoms with Gasteiger partial charge in [0.2, 0.25) is 5.91 Å². The van der Waals surface area contributed by atoms with Gasteiger partial charge in [-0.15, -0.1) is 0 Å². The topological polar surface area (TPSA) is 38.3 Å². The standard InChI is InChI=1S/C8H17NO2.C2H6/c1-6(9-7(2)10)8(3,4)11-5;1-2/h6H,1-5H3,(H,9,10);1-2H3. The van der Waals surface area contributed by atoms with Crippen molar-refractivity contribution in [1.82, 2.24) is 5.32 Å². The lowest BCUT2D eigenvalue weighted by Gasteiger charge is -2.30. The molecule has 1 amide bonds. The highest BCUT2D eigenvalue weighted by atomic mass is 16.5. The van der Waals surface area contributed by atoms with E-state index in [0.29, 0.717) is 0 Å². The van der Waals surface area contributed by atoms with Crippen LogP contribution in [0.15, 0.2) is 0 Å². The molecule has 0 radical (unpaired) electrons. The van der Waals surface area contributed by atoms with Crippen molar-refractivity contribution in [3.05, 3.63) is 0 Å². The van der Waals surface area contributed by atoms with E-state index in [-0.39, 0.29) is 17.6 Å². The van der Waals surface area contributed by atoms with E-state index < -0.39 is 0 Å². The Balaban J connectivity index is 0. The van der Waals surface area contributed by atoms with Crippen LogP contribution in [0.5, 0.6) is 0 Å². The molecule has 0 rings (SSSR count). The average molecular weight is 189 g/mol. The molecule has 3 nitrogen and oxygen atoms in total. The lowest BCUT2D eigenvalue weighted by Crippen LogP contribution is -2.47. The molecule has 13 heavy (non-hydrogen) atoms. The molecule has 1 atom stereocenters. The van der Waals surface area contributed by atoms with Gasteiger partial charge in [0, 0.05) is 14.0 Å². The van der Waals surface area contributed by atoms with Crippen LogP contribution in [0.2, 0.25) is 0 Å². The maximum absolute atomic E-state index is 10.7. The molecular formula is C10H23NO2. The van der Waals surface area contributed by atoms with Crippen LogP contribution in [0.3, 0.4) is 0 Å². The summed E-state index contributed by atoms with van der Waals surface area (Å²) < 4.78 is 5.19. The lowest BCUT2D eigenvalue weighted by molar-refractivity contribution is -0.121. The fraction of sp³-hybridized carbons (Fsp3) is 0.900. The number of carbonyl (C=O) groups excluding carboxylic acids is 1. The fourth-order valence-corrected chi connectivity index (χ4v) is 0.655. The van der Waals surface area contributed by atoms with Crippen LogP contribution in [0.4, 0.5) is 0 Å². The summed E-state index contributed by atoms with van der Waals surface area (Å²) in [6.07, 6.45) is 0. The summed E-state index contributed by atoms with van der Waals surface area (Å²) in [4.78, 5) is 10.7. The number of hydrogen-bond donors (Lipinski definition) is 1.